The molecule has 0 bridgehead atoms. The van der Waals surface area contributed by atoms with Crippen molar-refractivity contribution in [2.24, 2.45) is 0 Å². The van der Waals surface area contributed by atoms with Crippen LogP contribution in [-0.4, -0.2) is 26.6 Å². The second-order valence-electron chi connectivity index (χ2n) is 6.20. The van der Waals surface area contributed by atoms with Crippen LogP contribution in [-0.2, 0) is 11.3 Å². The third kappa shape index (κ3) is 5.06. The predicted octanol–water partition coefficient (Wildman–Crippen LogP) is 2.10. The Balaban J connectivity index is 1.92. The van der Waals surface area contributed by atoms with E-state index in [1.165, 1.54) is 13.2 Å². The van der Waals surface area contributed by atoms with Crippen molar-refractivity contribution in [1.82, 2.24) is 0 Å². The van der Waals surface area contributed by atoms with Gasteiger partial charge in [0.25, 0.3) is 5.91 Å². The standard InChI is InChI=1S/C19H23FN2O2/c1-13-7-14(2)9-16(8-13)21-19(23)12-22(3)11-15-5-6-18(24-4)17(20)10-15/h5-10H,11-12H2,1-4H3,(H,21,23)/p+1. The third-order valence-electron chi connectivity index (χ3n) is 3.69. The van der Waals surface area contributed by atoms with Crippen LogP contribution in [0.2, 0.25) is 0 Å². The van der Waals surface area contributed by atoms with Crippen LogP contribution < -0.4 is 15.0 Å². The number of carbonyl (C=O) groups excluding carboxylic acids is 1. The smallest absolute Gasteiger partial charge is 0.279 e. The molecule has 1 amide bonds. The van der Waals surface area contributed by atoms with Gasteiger partial charge in [-0.2, -0.15) is 0 Å². The van der Waals surface area contributed by atoms with Crippen LogP contribution in [0.5, 0.6) is 5.75 Å². The summed E-state index contributed by atoms with van der Waals surface area (Å²) in [6, 6.07) is 10.8. The fourth-order valence-corrected chi connectivity index (χ4v) is 2.76. The minimum atomic E-state index is -0.387. The number of anilines is 1. The zero-order valence-electron chi connectivity index (χ0n) is 14.6. The fraction of sp³-hybridized carbons (Fsp3) is 0.316. The van der Waals surface area contributed by atoms with E-state index in [4.69, 9.17) is 4.74 Å². The minimum Gasteiger partial charge on any atom is -0.494 e. The van der Waals surface area contributed by atoms with Gasteiger partial charge in [-0.15, -0.1) is 0 Å². The van der Waals surface area contributed by atoms with Gasteiger partial charge in [-0.05, 0) is 55.3 Å². The molecule has 2 rings (SSSR count). The van der Waals surface area contributed by atoms with E-state index in [0.29, 0.717) is 13.1 Å². The first-order chi connectivity index (χ1) is 11.4. The number of halogens is 1. The van der Waals surface area contributed by atoms with Gasteiger partial charge in [0, 0.05) is 11.3 Å². The van der Waals surface area contributed by atoms with Gasteiger partial charge < -0.3 is 15.0 Å². The number of rotatable bonds is 6. The number of benzene rings is 2. The molecule has 0 aliphatic rings. The Kier molecular flexibility index (Phi) is 5.93. The molecular weight excluding hydrogens is 307 g/mol. The maximum atomic E-state index is 13.7. The van der Waals surface area contributed by atoms with Gasteiger partial charge in [0.2, 0.25) is 0 Å². The molecule has 0 saturated heterocycles. The number of hydrogen-bond donors (Lipinski definition) is 2. The van der Waals surface area contributed by atoms with Crippen molar-refractivity contribution < 1.29 is 18.8 Å². The van der Waals surface area contributed by atoms with E-state index >= 15 is 0 Å². The zero-order chi connectivity index (χ0) is 17.7. The average molecular weight is 331 g/mol. The number of likely N-dealkylation sites (N-methyl/N-ethyl adjacent to an activating group) is 1. The molecule has 1 atom stereocenters. The van der Waals surface area contributed by atoms with Crippen LogP contribution in [0.25, 0.3) is 0 Å². The van der Waals surface area contributed by atoms with E-state index in [9.17, 15) is 9.18 Å². The van der Waals surface area contributed by atoms with Gasteiger partial charge in [0.15, 0.2) is 18.1 Å². The summed E-state index contributed by atoms with van der Waals surface area (Å²) >= 11 is 0. The number of methoxy groups -OCH3 is 1. The first kappa shape index (κ1) is 17.9. The highest BCUT2D eigenvalue weighted by atomic mass is 19.1. The van der Waals surface area contributed by atoms with Gasteiger partial charge in [-0.3, -0.25) is 4.79 Å². The van der Waals surface area contributed by atoms with Crippen LogP contribution in [0.1, 0.15) is 16.7 Å². The second kappa shape index (κ2) is 7.93. The Bertz CT molecular complexity index is 711. The fourth-order valence-electron chi connectivity index (χ4n) is 2.76. The molecule has 0 radical (unpaired) electrons. The lowest BCUT2D eigenvalue weighted by Gasteiger charge is -2.15. The van der Waals surface area contributed by atoms with Crippen LogP contribution in [0.15, 0.2) is 36.4 Å². The van der Waals surface area contributed by atoms with Crippen LogP contribution in [0.4, 0.5) is 10.1 Å². The molecule has 2 N–H and O–H groups in total. The first-order valence-electron chi connectivity index (χ1n) is 7.89. The van der Waals surface area contributed by atoms with Crippen molar-refractivity contribution in [3.63, 3.8) is 0 Å². The topological polar surface area (TPSA) is 42.8 Å². The molecule has 2 aromatic rings. The summed E-state index contributed by atoms with van der Waals surface area (Å²) in [5.74, 6) is -0.224. The maximum absolute atomic E-state index is 13.7. The number of hydrogen-bond acceptors (Lipinski definition) is 2. The minimum absolute atomic E-state index is 0.0634. The molecule has 0 saturated carbocycles. The molecule has 128 valence electrons. The van der Waals surface area contributed by atoms with Crippen molar-refractivity contribution in [3.05, 3.63) is 58.9 Å². The van der Waals surface area contributed by atoms with E-state index in [-0.39, 0.29) is 17.5 Å². The van der Waals surface area contributed by atoms with E-state index in [0.717, 1.165) is 27.3 Å². The first-order valence-corrected chi connectivity index (χ1v) is 7.89. The number of ether oxygens (including phenoxy) is 1. The average Bonchev–Trinajstić information content (AvgIpc) is 2.45. The number of carbonyl (C=O) groups is 1. The Morgan fingerprint density at radius 3 is 2.42 bits per heavy atom. The number of quaternary nitrogens is 1. The summed E-state index contributed by atoms with van der Waals surface area (Å²) in [6.07, 6.45) is 0. The molecule has 24 heavy (non-hydrogen) atoms. The van der Waals surface area contributed by atoms with Crippen molar-refractivity contribution in [2.45, 2.75) is 20.4 Å². The third-order valence-corrected chi connectivity index (χ3v) is 3.69. The second-order valence-corrected chi connectivity index (χ2v) is 6.20. The normalized spacial score (nSPS) is 11.9. The predicted molar refractivity (Wildman–Crippen MR) is 93.0 cm³/mol. The number of aryl methyl sites for hydroxylation is 2. The molecule has 1 unspecified atom stereocenters. The van der Waals surface area contributed by atoms with E-state index in [2.05, 4.69) is 11.4 Å². The summed E-state index contributed by atoms with van der Waals surface area (Å²) in [7, 11) is 3.34. The van der Waals surface area contributed by atoms with Crippen molar-refractivity contribution in [1.29, 1.82) is 0 Å². The summed E-state index contributed by atoms with van der Waals surface area (Å²) in [6.45, 7) is 4.86. The van der Waals surface area contributed by atoms with E-state index in [1.807, 2.05) is 39.1 Å². The maximum Gasteiger partial charge on any atom is 0.279 e. The summed E-state index contributed by atoms with van der Waals surface area (Å²) in [4.78, 5) is 13.2. The monoisotopic (exact) mass is 331 g/mol. The van der Waals surface area contributed by atoms with Gasteiger partial charge >= 0.3 is 0 Å². The van der Waals surface area contributed by atoms with E-state index < -0.39 is 0 Å². The molecular formula is C19H24FN2O2+. The molecule has 0 aliphatic carbocycles. The Labute approximate surface area is 142 Å². The zero-order valence-corrected chi connectivity index (χ0v) is 14.6. The van der Waals surface area contributed by atoms with Gasteiger partial charge in [0.1, 0.15) is 6.54 Å². The largest absolute Gasteiger partial charge is 0.494 e. The quantitative estimate of drug-likeness (QED) is 0.851. The van der Waals surface area contributed by atoms with Gasteiger partial charge in [0.05, 0.1) is 14.2 Å². The van der Waals surface area contributed by atoms with Crippen molar-refractivity contribution >= 4 is 11.6 Å². The van der Waals surface area contributed by atoms with Gasteiger partial charge in [-0.1, -0.05) is 6.07 Å². The lowest BCUT2D eigenvalue weighted by atomic mass is 10.1. The Morgan fingerprint density at radius 2 is 1.83 bits per heavy atom. The van der Waals surface area contributed by atoms with Crippen LogP contribution in [0, 0.1) is 19.7 Å². The summed E-state index contributed by atoms with van der Waals surface area (Å²) < 4.78 is 18.6. The highest BCUT2D eigenvalue weighted by Crippen LogP contribution is 2.17. The summed E-state index contributed by atoms with van der Waals surface area (Å²) in [5, 5.41) is 2.92. The highest BCUT2D eigenvalue weighted by molar-refractivity contribution is 5.91. The molecule has 0 spiro atoms. The highest BCUT2D eigenvalue weighted by Gasteiger charge is 2.13. The van der Waals surface area contributed by atoms with Gasteiger partial charge in [-0.25, -0.2) is 4.39 Å². The molecule has 0 fully saturated rings. The molecule has 0 aliphatic heterocycles. The lowest BCUT2D eigenvalue weighted by Crippen LogP contribution is -3.08. The lowest BCUT2D eigenvalue weighted by molar-refractivity contribution is -0.885. The molecule has 0 heterocycles. The van der Waals surface area contributed by atoms with Crippen molar-refractivity contribution in [2.75, 3.05) is 26.0 Å². The van der Waals surface area contributed by atoms with Crippen molar-refractivity contribution in [3.8, 4) is 5.75 Å². The van der Waals surface area contributed by atoms with E-state index in [1.54, 1.807) is 6.07 Å². The molecule has 5 heteroatoms. The molecule has 2 aromatic carbocycles. The van der Waals surface area contributed by atoms with Crippen LogP contribution in [0.3, 0.4) is 0 Å². The number of nitrogens with one attached hydrogen (secondary N) is 2. The van der Waals surface area contributed by atoms with Crippen LogP contribution >= 0.6 is 0 Å². The molecule has 4 nitrogen and oxygen atoms in total. The number of amides is 1. The Morgan fingerprint density at radius 1 is 1.17 bits per heavy atom. The Hall–Kier alpha value is -2.40. The summed E-state index contributed by atoms with van der Waals surface area (Å²) in [5.41, 5.74) is 3.85. The SMILES string of the molecule is COc1ccc(C[NH+](C)CC(=O)Nc2cc(C)cc(C)c2)cc1F. The molecule has 0 aromatic heterocycles.